The zero-order valence-electron chi connectivity index (χ0n) is 19.5. The largest absolute Gasteiger partial charge is 0.487 e. The van der Waals surface area contributed by atoms with Crippen LogP contribution in [0, 0.1) is 0 Å². The van der Waals surface area contributed by atoms with E-state index in [1.54, 1.807) is 12.1 Å². The molecule has 0 saturated carbocycles. The van der Waals surface area contributed by atoms with Gasteiger partial charge >= 0.3 is 16.1 Å². The predicted octanol–water partition coefficient (Wildman–Crippen LogP) is 4.72. The van der Waals surface area contributed by atoms with Crippen molar-refractivity contribution in [2.75, 3.05) is 13.4 Å². The number of aryl methyl sites for hydroxylation is 2. The molecular weight excluding hydrogens is 442 g/mol. The third-order valence-electron chi connectivity index (χ3n) is 5.64. The normalized spacial score (nSPS) is 13.5. The van der Waals surface area contributed by atoms with Crippen LogP contribution in [0.5, 0.6) is 11.5 Å². The number of ether oxygens (including phenoxy) is 2. The minimum Gasteiger partial charge on any atom is -0.487 e. The summed E-state index contributed by atoms with van der Waals surface area (Å²) in [6, 6.07) is 15.2. The fourth-order valence-corrected chi connectivity index (χ4v) is 4.13. The summed E-state index contributed by atoms with van der Waals surface area (Å²) in [6.07, 6.45) is 5.78. The van der Waals surface area contributed by atoms with Gasteiger partial charge in [0, 0.05) is 23.6 Å². The van der Waals surface area contributed by atoms with Crippen LogP contribution >= 0.6 is 0 Å². The molecule has 0 spiro atoms. The molecule has 33 heavy (non-hydrogen) atoms. The van der Waals surface area contributed by atoms with Crippen LogP contribution in [0.1, 0.15) is 38.7 Å². The van der Waals surface area contributed by atoms with Gasteiger partial charge in [0.15, 0.2) is 0 Å². The highest BCUT2D eigenvalue weighted by atomic mass is 32.2. The molecule has 1 heterocycles. The van der Waals surface area contributed by atoms with Gasteiger partial charge in [0.2, 0.25) is 0 Å². The molecule has 0 aliphatic heterocycles. The Kier molecular flexibility index (Phi) is 7.68. The second-order valence-corrected chi connectivity index (χ2v) is 10.00. The van der Waals surface area contributed by atoms with Crippen LogP contribution < -0.4 is 8.92 Å². The number of esters is 1. The Labute approximate surface area is 195 Å². The molecule has 0 saturated heterocycles. The van der Waals surface area contributed by atoms with Gasteiger partial charge in [-0.2, -0.15) is 8.42 Å². The second kappa shape index (κ2) is 10.3. The molecule has 0 aliphatic carbocycles. The SMILES string of the molecule is CC[C@](C)(CC(=O)OC)Oc1ccc(CCCn2ccc3cc(OS(C)(=O)=O)ccc32)cc1. The minimum absolute atomic E-state index is 0.203. The van der Waals surface area contributed by atoms with E-state index in [1.807, 2.05) is 56.4 Å². The van der Waals surface area contributed by atoms with E-state index in [0.29, 0.717) is 12.2 Å². The average molecular weight is 474 g/mol. The van der Waals surface area contributed by atoms with Crippen LogP contribution in [0.2, 0.25) is 0 Å². The lowest BCUT2D eigenvalue weighted by atomic mass is 9.98. The molecular formula is C25H31NO6S. The van der Waals surface area contributed by atoms with Crippen molar-refractivity contribution in [1.82, 2.24) is 4.57 Å². The van der Waals surface area contributed by atoms with Crippen LogP contribution in [0.3, 0.4) is 0 Å². The Bertz CT molecular complexity index is 1200. The van der Waals surface area contributed by atoms with Crippen LogP contribution in [0.15, 0.2) is 54.7 Å². The Morgan fingerprint density at radius 3 is 2.39 bits per heavy atom. The monoisotopic (exact) mass is 473 g/mol. The molecule has 0 N–H and O–H groups in total. The molecule has 3 rings (SSSR count). The molecule has 1 aromatic heterocycles. The van der Waals surface area contributed by atoms with E-state index >= 15 is 0 Å². The lowest BCUT2D eigenvalue weighted by Crippen LogP contribution is -2.34. The Morgan fingerprint density at radius 1 is 1.06 bits per heavy atom. The molecule has 0 fully saturated rings. The summed E-state index contributed by atoms with van der Waals surface area (Å²) in [7, 11) is -2.16. The molecule has 0 radical (unpaired) electrons. The van der Waals surface area contributed by atoms with Gasteiger partial charge in [-0.25, -0.2) is 0 Å². The molecule has 8 heteroatoms. The minimum atomic E-state index is -3.54. The molecule has 2 aromatic carbocycles. The van der Waals surface area contributed by atoms with E-state index in [9.17, 15) is 13.2 Å². The number of benzene rings is 2. The molecule has 0 aliphatic rings. The van der Waals surface area contributed by atoms with E-state index in [-0.39, 0.29) is 12.4 Å². The summed E-state index contributed by atoms with van der Waals surface area (Å²) in [4.78, 5) is 11.7. The topological polar surface area (TPSA) is 83.8 Å². The fourth-order valence-electron chi connectivity index (χ4n) is 3.67. The van der Waals surface area contributed by atoms with E-state index in [4.69, 9.17) is 13.7 Å². The summed E-state index contributed by atoms with van der Waals surface area (Å²) in [5.74, 6) is 0.763. The van der Waals surface area contributed by atoms with Gasteiger partial charge in [0.25, 0.3) is 0 Å². The maximum Gasteiger partial charge on any atom is 0.309 e. The van der Waals surface area contributed by atoms with Crippen molar-refractivity contribution in [1.29, 1.82) is 0 Å². The number of fused-ring (bicyclic) bond motifs is 1. The summed E-state index contributed by atoms with van der Waals surface area (Å²) in [5.41, 5.74) is 1.63. The predicted molar refractivity (Wildman–Crippen MR) is 128 cm³/mol. The molecule has 7 nitrogen and oxygen atoms in total. The van der Waals surface area contributed by atoms with Crippen LogP contribution in [-0.2, 0) is 32.6 Å². The summed E-state index contributed by atoms with van der Waals surface area (Å²) in [6.45, 7) is 4.73. The van der Waals surface area contributed by atoms with Crippen LogP contribution in [0.25, 0.3) is 10.9 Å². The van der Waals surface area contributed by atoms with Crippen molar-refractivity contribution >= 4 is 27.0 Å². The maximum absolute atomic E-state index is 11.7. The Morgan fingerprint density at radius 2 is 1.76 bits per heavy atom. The molecule has 178 valence electrons. The summed E-state index contributed by atoms with van der Waals surface area (Å²) in [5, 5.41) is 0.934. The molecule has 0 bridgehead atoms. The van der Waals surface area contributed by atoms with Gasteiger partial charge in [0.1, 0.15) is 17.1 Å². The quantitative estimate of drug-likeness (QED) is 0.296. The number of hydrogen-bond acceptors (Lipinski definition) is 6. The first-order valence-corrected chi connectivity index (χ1v) is 12.8. The zero-order chi connectivity index (χ0) is 24.1. The van der Waals surface area contributed by atoms with Gasteiger partial charge in [-0.05, 0) is 68.1 Å². The van der Waals surface area contributed by atoms with E-state index in [1.165, 1.54) is 12.7 Å². The standard InChI is InChI=1S/C25H31NO6S/c1-5-25(2,18-24(27)30-3)31-21-10-8-19(9-11-21)7-6-15-26-16-14-20-17-22(12-13-23(20)26)32-33(4,28)29/h8-14,16-17H,5-7,15,18H2,1-4H3/t25-/m1/s1. The number of carbonyl (C=O) groups is 1. The highest BCUT2D eigenvalue weighted by Crippen LogP contribution is 2.26. The average Bonchev–Trinajstić information content (AvgIpc) is 3.16. The van der Waals surface area contributed by atoms with Crippen molar-refractivity contribution in [3.63, 3.8) is 0 Å². The van der Waals surface area contributed by atoms with Crippen molar-refractivity contribution in [3.05, 3.63) is 60.3 Å². The van der Waals surface area contributed by atoms with Crippen molar-refractivity contribution in [2.24, 2.45) is 0 Å². The Hall–Kier alpha value is -3.00. The molecule has 0 unspecified atom stereocenters. The number of methoxy groups -OCH3 is 1. The Balaban J connectivity index is 1.56. The van der Waals surface area contributed by atoms with Crippen LogP contribution in [0.4, 0.5) is 0 Å². The maximum atomic E-state index is 11.7. The highest BCUT2D eigenvalue weighted by molar-refractivity contribution is 7.86. The smallest absolute Gasteiger partial charge is 0.309 e. The van der Waals surface area contributed by atoms with Crippen molar-refractivity contribution < 1.29 is 26.9 Å². The highest BCUT2D eigenvalue weighted by Gasteiger charge is 2.28. The van der Waals surface area contributed by atoms with Crippen molar-refractivity contribution in [2.45, 2.75) is 51.7 Å². The van der Waals surface area contributed by atoms with Gasteiger partial charge in [-0.3, -0.25) is 4.79 Å². The number of carbonyl (C=O) groups excluding carboxylic acids is 1. The van der Waals surface area contributed by atoms with Crippen molar-refractivity contribution in [3.8, 4) is 11.5 Å². The fraction of sp³-hybridized carbons (Fsp3) is 0.400. The van der Waals surface area contributed by atoms with Gasteiger partial charge in [0.05, 0.1) is 19.8 Å². The molecule has 0 amide bonds. The number of nitrogens with zero attached hydrogens (tertiary/aromatic N) is 1. The lowest BCUT2D eigenvalue weighted by molar-refractivity contribution is -0.144. The van der Waals surface area contributed by atoms with Gasteiger partial charge < -0.3 is 18.2 Å². The number of hydrogen-bond donors (Lipinski definition) is 0. The van der Waals surface area contributed by atoms with Gasteiger partial charge in [-0.1, -0.05) is 19.1 Å². The second-order valence-electron chi connectivity index (χ2n) is 8.42. The third kappa shape index (κ3) is 6.99. The zero-order valence-corrected chi connectivity index (χ0v) is 20.4. The third-order valence-corrected chi connectivity index (χ3v) is 6.13. The van der Waals surface area contributed by atoms with E-state index < -0.39 is 15.7 Å². The molecule has 1 atom stereocenters. The number of aromatic nitrogens is 1. The van der Waals surface area contributed by atoms with E-state index in [0.717, 1.165) is 42.3 Å². The number of rotatable bonds is 11. The first-order valence-electron chi connectivity index (χ1n) is 10.9. The molecule has 3 aromatic rings. The van der Waals surface area contributed by atoms with Crippen LogP contribution in [-0.4, -0.2) is 37.9 Å². The summed E-state index contributed by atoms with van der Waals surface area (Å²) >= 11 is 0. The lowest BCUT2D eigenvalue weighted by Gasteiger charge is -2.28. The van der Waals surface area contributed by atoms with E-state index in [2.05, 4.69) is 4.57 Å². The first-order chi connectivity index (χ1) is 15.6. The summed E-state index contributed by atoms with van der Waals surface area (Å²) < 4.78 is 40.6. The first kappa shape index (κ1) is 24.6. The van der Waals surface area contributed by atoms with Gasteiger partial charge in [-0.15, -0.1) is 0 Å².